The number of hydrogen-bond acceptors (Lipinski definition) is 4. The van der Waals surface area contributed by atoms with Gasteiger partial charge in [-0.15, -0.1) is 0 Å². The van der Waals surface area contributed by atoms with Gasteiger partial charge in [-0.25, -0.2) is 4.99 Å². The van der Waals surface area contributed by atoms with Crippen LogP contribution in [-0.4, -0.2) is 22.8 Å². The highest BCUT2D eigenvalue weighted by atomic mass is 32.2. The summed E-state index contributed by atoms with van der Waals surface area (Å²) in [6.45, 7) is 6.23. The van der Waals surface area contributed by atoms with Crippen molar-refractivity contribution in [2.75, 3.05) is 7.11 Å². The molecule has 2 aromatic carbocycles. The van der Waals surface area contributed by atoms with Crippen molar-refractivity contribution in [2.45, 2.75) is 20.8 Å². The van der Waals surface area contributed by atoms with Crippen molar-refractivity contribution in [3.8, 4) is 11.4 Å². The molecule has 0 radical (unpaired) electrons. The highest BCUT2D eigenvalue weighted by molar-refractivity contribution is 8.18. The standard InChI is InChI=1S/C24H23N3O2S/c1-15-5-9-20(10-6-15)27-16(2)13-18(17(27)3)14-22-23(28)26-24(30-22)25-19-7-11-21(29-4)12-8-19/h5-14H,1-4H3,(H,25,26,28). The molecule has 0 aliphatic carbocycles. The molecule has 0 spiro atoms. The topological polar surface area (TPSA) is 55.6 Å². The maximum atomic E-state index is 12.5. The van der Waals surface area contributed by atoms with E-state index in [1.54, 1.807) is 7.11 Å². The molecule has 1 aromatic heterocycles. The predicted octanol–water partition coefficient (Wildman–Crippen LogP) is 5.30. The number of aromatic nitrogens is 1. The Morgan fingerprint density at radius 1 is 1.03 bits per heavy atom. The van der Waals surface area contributed by atoms with Gasteiger partial charge in [-0.1, -0.05) is 17.7 Å². The largest absolute Gasteiger partial charge is 0.497 e. The molecule has 1 aliphatic rings. The third-order valence-corrected chi connectivity index (χ3v) is 5.91. The minimum Gasteiger partial charge on any atom is -0.497 e. The number of carbonyl (C=O) groups is 1. The Hall–Kier alpha value is -3.25. The molecule has 2 heterocycles. The molecule has 0 bridgehead atoms. The van der Waals surface area contributed by atoms with Crippen LogP contribution in [0.2, 0.25) is 0 Å². The van der Waals surface area contributed by atoms with E-state index in [-0.39, 0.29) is 5.91 Å². The lowest BCUT2D eigenvalue weighted by Gasteiger charge is -2.10. The molecule has 1 amide bonds. The molecule has 1 aliphatic heterocycles. The molecule has 6 heteroatoms. The first kappa shape index (κ1) is 20.0. The number of amidine groups is 1. The number of nitrogens with one attached hydrogen (secondary N) is 1. The second-order valence-electron chi connectivity index (χ2n) is 7.18. The fourth-order valence-corrected chi connectivity index (χ4v) is 4.25. The summed E-state index contributed by atoms with van der Waals surface area (Å²) in [5, 5.41) is 3.42. The van der Waals surface area contributed by atoms with Crippen LogP contribution in [0.4, 0.5) is 5.69 Å². The Kier molecular flexibility index (Phi) is 5.50. The van der Waals surface area contributed by atoms with E-state index in [0.29, 0.717) is 10.1 Å². The maximum Gasteiger partial charge on any atom is 0.264 e. The lowest BCUT2D eigenvalue weighted by Crippen LogP contribution is -2.19. The lowest BCUT2D eigenvalue weighted by atomic mass is 10.2. The summed E-state index contributed by atoms with van der Waals surface area (Å²) in [6, 6.07) is 17.9. The van der Waals surface area contributed by atoms with Crippen LogP contribution in [0.15, 0.2) is 64.5 Å². The summed E-state index contributed by atoms with van der Waals surface area (Å²) >= 11 is 1.35. The van der Waals surface area contributed by atoms with Gasteiger partial charge in [-0.3, -0.25) is 4.79 Å². The van der Waals surface area contributed by atoms with Crippen LogP contribution in [0, 0.1) is 20.8 Å². The van der Waals surface area contributed by atoms with Gasteiger partial charge in [0.1, 0.15) is 5.75 Å². The Bertz CT molecular complexity index is 1160. The van der Waals surface area contributed by atoms with E-state index < -0.39 is 0 Å². The molecular formula is C24H23N3O2S. The van der Waals surface area contributed by atoms with Crippen LogP contribution in [0.25, 0.3) is 11.8 Å². The van der Waals surface area contributed by atoms with Gasteiger partial charge in [-0.2, -0.15) is 0 Å². The Morgan fingerprint density at radius 3 is 2.40 bits per heavy atom. The molecule has 0 unspecified atom stereocenters. The average molecular weight is 418 g/mol. The highest BCUT2D eigenvalue weighted by Gasteiger charge is 2.24. The van der Waals surface area contributed by atoms with Gasteiger partial charge >= 0.3 is 0 Å². The molecule has 0 atom stereocenters. The molecule has 3 aromatic rings. The first-order chi connectivity index (χ1) is 14.4. The number of nitrogens with zero attached hydrogens (tertiary/aromatic N) is 2. The molecule has 1 saturated heterocycles. The molecule has 1 N–H and O–H groups in total. The van der Waals surface area contributed by atoms with Crippen molar-refractivity contribution >= 4 is 34.6 Å². The number of thioether (sulfide) groups is 1. The van der Waals surface area contributed by atoms with Crippen LogP contribution in [0.1, 0.15) is 22.5 Å². The zero-order valence-electron chi connectivity index (χ0n) is 17.4. The van der Waals surface area contributed by atoms with E-state index in [2.05, 4.69) is 66.0 Å². The second kappa shape index (κ2) is 8.24. The predicted molar refractivity (Wildman–Crippen MR) is 124 cm³/mol. The molecule has 4 rings (SSSR count). The van der Waals surface area contributed by atoms with Crippen molar-refractivity contribution < 1.29 is 9.53 Å². The summed E-state index contributed by atoms with van der Waals surface area (Å²) in [4.78, 5) is 17.6. The van der Waals surface area contributed by atoms with Gasteiger partial charge in [0.25, 0.3) is 5.91 Å². The number of carbonyl (C=O) groups excluding carboxylic acids is 1. The molecule has 152 valence electrons. The van der Waals surface area contributed by atoms with Crippen molar-refractivity contribution in [1.82, 2.24) is 9.88 Å². The minimum absolute atomic E-state index is 0.132. The number of amides is 1. The number of aryl methyl sites for hydroxylation is 2. The van der Waals surface area contributed by atoms with Crippen LogP contribution in [-0.2, 0) is 4.79 Å². The van der Waals surface area contributed by atoms with Gasteiger partial charge in [0.2, 0.25) is 0 Å². The molecular weight excluding hydrogens is 394 g/mol. The third kappa shape index (κ3) is 4.04. The number of ether oxygens (including phenoxy) is 1. The van der Waals surface area contributed by atoms with Crippen LogP contribution < -0.4 is 10.1 Å². The first-order valence-corrected chi connectivity index (χ1v) is 10.5. The Balaban J connectivity index is 1.60. The summed E-state index contributed by atoms with van der Waals surface area (Å²) < 4.78 is 7.37. The summed E-state index contributed by atoms with van der Waals surface area (Å²) in [6.07, 6.45) is 1.93. The van der Waals surface area contributed by atoms with Crippen molar-refractivity contribution in [3.05, 3.63) is 82.0 Å². The number of benzene rings is 2. The Labute approximate surface area is 180 Å². The average Bonchev–Trinajstić information content (AvgIpc) is 3.21. The van der Waals surface area contributed by atoms with E-state index >= 15 is 0 Å². The maximum absolute atomic E-state index is 12.5. The van der Waals surface area contributed by atoms with E-state index in [0.717, 1.165) is 34.1 Å². The molecule has 30 heavy (non-hydrogen) atoms. The number of methoxy groups -OCH3 is 1. The van der Waals surface area contributed by atoms with Gasteiger partial charge < -0.3 is 14.6 Å². The summed E-state index contributed by atoms with van der Waals surface area (Å²) in [7, 11) is 1.63. The van der Waals surface area contributed by atoms with E-state index in [9.17, 15) is 4.79 Å². The number of hydrogen-bond donors (Lipinski definition) is 1. The van der Waals surface area contributed by atoms with Crippen molar-refractivity contribution in [1.29, 1.82) is 0 Å². The SMILES string of the molecule is COc1ccc(N=C2NC(=O)C(=Cc3cc(C)n(-c4ccc(C)cc4)c3C)S2)cc1. The molecule has 1 fully saturated rings. The number of rotatable bonds is 4. The highest BCUT2D eigenvalue weighted by Crippen LogP contribution is 2.31. The molecule has 5 nitrogen and oxygen atoms in total. The smallest absolute Gasteiger partial charge is 0.264 e. The fraction of sp³-hybridized carbons (Fsp3) is 0.167. The van der Waals surface area contributed by atoms with Crippen molar-refractivity contribution in [2.24, 2.45) is 4.99 Å². The van der Waals surface area contributed by atoms with Crippen LogP contribution in [0.5, 0.6) is 5.75 Å². The summed E-state index contributed by atoms with van der Waals surface area (Å²) in [5.41, 5.74) is 6.35. The second-order valence-corrected chi connectivity index (χ2v) is 8.21. The van der Waals surface area contributed by atoms with E-state index in [4.69, 9.17) is 4.74 Å². The van der Waals surface area contributed by atoms with Crippen LogP contribution >= 0.6 is 11.8 Å². The zero-order valence-corrected chi connectivity index (χ0v) is 18.2. The minimum atomic E-state index is -0.132. The number of aliphatic imine (C=N–C) groups is 1. The van der Waals surface area contributed by atoms with Crippen LogP contribution in [0.3, 0.4) is 0 Å². The van der Waals surface area contributed by atoms with Crippen molar-refractivity contribution in [3.63, 3.8) is 0 Å². The zero-order chi connectivity index (χ0) is 21.3. The van der Waals surface area contributed by atoms with Gasteiger partial charge in [0.15, 0.2) is 5.17 Å². The van der Waals surface area contributed by atoms with E-state index in [1.165, 1.54) is 17.3 Å². The van der Waals surface area contributed by atoms with Gasteiger partial charge in [0.05, 0.1) is 17.7 Å². The monoisotopic (exact) mass is 417 g/mol. The third-order valence-electron chi connectivity index (χ3n) is 5.00. The first-order valence-electron chi connectivity index (χ1n) is 9.64. The fourth-order valence-electron chi connectivity index (χ4n) is 3.42. The lowest BCUT2D eigenvalue weighted by molar-refractivity contribution is -0.115. The van der Waals surface area contributed by atoms with Gasteiger partial charge in [0, 0.05) is 17.1 Å². The summed E-state index contributed by atoms with van der Waals surface area (Å²) in [5.74, 6) is 0.638. The normalized spacial score (nSPS) is 16.3. The Morgan fingerprint density at radius 2 is 1.73 bits per heavy atom. The van der Waals surface area contributed by atoms with Gasteiger partial charge in [-0.05, 0) is 86.6 Å². The quantitative estimate of drug-likeness (QED) is 0.586. The molecule has 0 saturated carbocycles. The van der Waals surface area contributed by atoms with E-state index in [1.807, 2.05) is 30.3 Å².